The number of rotatable bonds is 23. The van der Waals surface area contributed by atoms with Gasteiger partial charge < -0.3 is 47.2 Å². The average molecular weight is 809 g/mol. The molecular weight excluding hydrogens is 752 g/mol. The zero-order valence-electron chi connectivity index (χ0n) is 31.9. The number of hydrogen-bond acceptors (Lipinski definition) is 13. The molecule has 1 heterocycles. The third-order valence-corrected chi connectivity index (χ3v) is 9.26. The van der Waals surface area contributed by atoms with Crippen LogP contribution in [0.2, 0.25) is 0 Å². The number of aliphatic carboxylic acids is 5. The van der Waals surface area contributed by atoms with E-state index in [2.05, 4.69) is 16.0 Å². The van der Waals surface area contributed by atoms with Gasteiger partial charge in [-0.3, -0.25) is 53.2 Å². The summed E-state index contributed by atoms with van der Waals surface area (Å²) in [5.41, 5.74) is 6.18. The number of nitrogens with zero attached hydrogens (tertiary/aromatic N) is 4. The maximum Gasteiger partial charge on any atom is 0.326 e. The molecule has 1 fully saturated rings. The molecular formula is C36H56N8O13. The lowest BCUT2D eigenvalue weighted by Gasteiger charge is -2.35. The molecule has 21 heteroatoms. The van der Waals surface area contributed by atoms with Crippen LogP contribution in [0.1, 0.15) is 37.7 Å². The largest absolute Gasteiger partial charge is 0.480 e. The number of carbonyl (C=O) groups excluding carboxylic acids is 3. The summed E-state index contributed by atoms with van der Waals surface area (Å²) in [4.78, 5) is 104. The number of carbonyl (C=O) groups is 8. The van der Waals surface area contributed by atoms with E-state index in [0.717, 1.165) is 0 Å². The van der Waals surface area contributed by atoms with Gasteiger partial charge in [-0.15, -0.1) is 0 Å². The van der Waals surface area contributed by atoms with Crippen molar-refractivity contribution in [1.29, 1.82) is 0 Å². The second kappa shape index (κ2) is 25.8. The van der Waals surface area contributed by atoms with Crippen LogP contribution in [0, 0.1) is 0 Å². The Bertz CT molecular complexity index is 1470. The quantitative estimate of drug-likeness (QED) is 0.0506. The molecule has 10 N–H and O–H groups in total. The van der Waals surface area contributed by atoms with E-state index >= 15 is 0 Å². The Kier molecular flexibility index (Phi) is 21.7. The van der Waals surface area contributed by atoms with Crippen molar-refractivity contribution in [2.45, 2.75) is 56.7 Å². The standard InChI is InChI=1S/C36H56N8O13/c37-11-5-4-8-26(35(54)55)40-34(53)27(20-25-6-2-1-3-7-25)39-30(46)21-38-29(45)10-9-28(36(56)57)44-18-16-42(23-32(49)50)14-12-41(22-31(47)48)13-15-43(17-19-44)24-33(51)52/h1-3,6-7,26-28H,4-5,8-24,37H2,(H,38,45)(H,39,46)(H,40,53)(H,47,48)(H,49,50)(H,51,52)(H,54,55)(H,56,57)/t26-,27-,28?/m1/s1. The first kappa shape index (κ1) is 47.9. The molecule has 0 aromatic heterocycles. The normalized spacial score (nSPS) is 16.8. The lowest BCUT2D eigenvalue weighted by Crippen LogP contribution is -2.54. The zero-order valence-corrected chi connectivity index (χ0v) is 31.9. The van der Waals surface area contributed by atoms with Gasteiger partial charge in [-0.05, 0) is 37.8 Å². The summed E-state index contributed by atoms with van der Waals surface area (Å²) in [7, 11) is 0. The SMILES string of the molecule is NCCCC[C@@H](NC(=O)[C@@H](Cc1ccccc1)NC(=O)CNC(=O)CCC(C(=O)O)N1CCN(CC(=O)O)CCN(CC(=O)O)CCN(CC(=O)O)CC1)C(=O)O. The van der Waals surface area contributed by atoms with Gasteiger partial charge in [0.2, 0.25) is 17.7 Å². The topological polar surface area (TPSA) is 313 Å². The Hall–Kier alpha value is -5.22. The molecule has 318 valence electrons. The molecule has 1 aliphatic rings. The van der Waals surface area contributed by atoms with Gasteiger partial charge >= 0.3 is 29.8 Å². The molecule has 3 atom stereocenters. The smallest absolute Gasteiger partial charge is 0.326 e. The van der Waals surface area contributed by atoms with E-state index in [9.17, 15) is 63.9 Å². The highest BCUT2D eigenvalue weighted by atomic mass is 16.4. The van der Waals surface area contributed by atoms with E-state index in [0.29, 0.717) is 24.9 Å². The minimum absolute atomic E-state index is 0.0198. The van der Waals surface area contributed by atoms with E-state index in [1.165, 1.54) is 4.90 Å². The molecule has 1 aromatic rings. The minimum Gasteiger partial charge on any atom is -0.480 e. The first-order chi connectivity index (χ1) is 27.1. The fraction of sp³-hybridized carbons (Fsp3) is 0.611. The Morgan fingerprint density at radius 2 is 1.12 bits per heavy atom. The van der Waals surface area contributed by atoms with E-state index in [1.807, 2.05) is 0 Å². The number of hydrogen-bond donors (Lipinski definition) is 9. The van der Waals surface area contributed by atoms with Crippen LogP contribution < -0.4 is 21.7 Å². The van der Waals surface area contributed by atoms with Crippen molar-refractivity contribution >= 4 is 47.6 Å². The molecule has 0 radical (unpaired) electrons. The van der Waals surface area contributed by atoms with Gasteiger partial charge in [-0.2, -0.15) is 0 Å². The summed E-state index contributed by atoms with van der Waals surface area (Å²) in [5.74, 6) is -8.10. The molecule has 0 aliphatic carbocycles. The zero-order chi connectivity index (χ0) is 42.3. The third kappa shape index (κ3) is 20.0. The van der Waals surface area contributed by atoms with Crippen molar-refractivity contribution in [1.82, 2.24) is 35.6 Å². The van der Waals surface area contributed by atoms with Crippen LogP contribution in [0.4, 0.5) is 0 Å². The van der Waals surface area contributed by atoms with Crippen molar-refractivity contribution in [3.63, 3.8) is 0 Å². The van der Waals surface area contributed by atoms with Crippen molar-refractivity contribution in [3.05, 3.63) is 35.9 Å². The summed E-state index contributed by atoms with van der Waals surface area (Å²) in [6, 6.07) is 5.01. The number of carboxylic acids is 5. The van der Waals surface area contributed by atoms with Crippen LogP contribution in [0.25, 0.3) is 0 Å². The number of nitrogens with one attached hydrogen (secondary N) is 3. The number of amides is 3. The second-order valence-electron chi connectivity index (χ2n) is 13.7. The van der Waals surface area contributed by atoms with E-state index in [1.54, 1.807) is 45.0 Å². The molecule has 1 saturated heterocycles. The maximum atomic E-state index is 13.2. The monoisotopic (exact) mass is 808 g/mol. The Balaban J connectivity index is 2.12. The molecule has 1 aliphatic heterocycles. The van der Waals surface area contributed by atoms with E-state index in [4.69, 9.17) is 5.73 Å². The van der Waals surface area contributed by atoms with Crippen molar-refractivity contribution in [2.24, 2.45) is 5.73 Å². The Morgan fingerprint density at radius 1 is 0.614 bits per heavy atom. The summed E-state index contributed by atoms with van der Waals surface area (Å²) >= 11 is 0. The van der Waals surface area contributed by atoms with Crippen LogP contribution in [0.5, 0.6) is 0 Å². The Morgan fingerprint density at radius 3 is 1.58 bits per heavy atom. The van der Waals surface area contributed by atoms with Gasteiger partial charge in [0.05, 0.1) is 26.2 Å². The summed E-state index contributed by atoms with van der Waals surface area (Å²) in [6.07, 6.45) is 0.585. The molecule has 1 unspecified atom stereocenters. The fourth-order valence-corrected chi connectivity index (χ4v) is 6.24. The molecule has 21 nitrogen and oxygen atoms in total. The Labute approximate surface area is 330 Å². The van der Waals surface area contributed by atoms with Gasteiger partial charge in [0.15, 0.2) is 0 Å². The van der Waals surface area contributed by atoms with Gasteiger partial charge in [-0.25, -0.2) is 4.79 Å². The summed E-state index contributed by atoms with van der Waals surface area (Å²) in [6.45, 7) is -0.586. The van der Waals surface area contributed by atoms with Gasteiger partial charge in [-0.1, -0.05) is 30.3 Å². The third-order valence-electron chi connectivity index (χ3n) is 9.26. The molecule has 0 bridgehead atoms. The average Bonchev–Trinajstić information content (AvgIpc) is 3.13. The van der Waals surface area contributed by atoms with Crippen LogP contribution in [-0.2, 0) is 44.8 Å². The fourth-order valence-electron chi connectivity index (χ4n) is 6.24. The number of nitrogens with two attached hydrogens (primary N) is 1. The summed E-state index contributed by atoms with van der Waals surface area (Å²) < 4.78 is 0. The predicted octanol–water partition coefficient (Wildman–Crippen LogP) is -2.76. The highest BCUT2D eigenvalue weighted by Gasteiger charge is 2.30. The van der Waals surface area contributed by atoms with Crippen LogP contribution in [0.15, 0.2) is 30.3 Å². The lowest BCUT2D eigenvalue weighted by molar-refractivity contribution is -0.145. The van der Waals surface area contributed by atoms with E-state index < -0.39 is 85.3 Å². The van der Waals surface area contributed by atoms with Crippen LogP contribution in [-0.4, -0.2) is 196 Å². The van der Waals surface area contributed by atoms with Crippen molar-refractivity contribution in [3.8, 4) is 0 Å². The molecule has 1 aromatic carbocycles. The first-order valence-corrected chi connectivity index (χ1v) is 18.7. The minimum atomic E-state index is -1.28. The highest BCUT2D eigenvalue weighted by molar-refractivity contribution is 5.92. The molecule has 3 amide bonds. The van der Waals surface area contributed by atoms with Gasteiger partial charge in [0, 0.05) is 65.2 Å². The molecule has 2 rings (SSSR count). The van der Waals surface area contributed by atoms with Gasteiger partial charge in [0.1, 0.15) is 18.1 Å². The molecule has 57 heavy (non-hydrogen) atoms. The van der Waals surface area contributed by atoms with Crippen LogP contribution >= 0.6 is 0 Å². The van der Waals surface area contributed by atoms with Crippen LogP contribution in [0.3, 0.4) is 0 Å². The predicted molar refractivity (Wildman–Crippen MR) is 202 cm³/mol. The number of unbranched alkanes of at least 4 members (excludes halogenated alkanes) is 1. The first-order valence-electron chi connectivity index (χ1n) is 18.7. The lowest BCUT2D eigenvalue weighted by atomic mass is 10.0. The van der Waals surface area contributed by atoms with Crippen molar-refractivity contribution < 1.29 is 63.9 Å². The maximum absolute atomic E-state index is 13.2. The number of carboxylic acid groups (broad SMARTS) is 5. The number of benzene rings is 1. The molecule has 0 spiro atoms. The highest BCUT2D eigenvalue weighted by Crippen LogP contribution is 2.11. The van der Waals surface area contributed by atoms with E-state index in [-0.39, 0.29) is 84.6 Å². The second-order valence-corrected chi connectivity index (χ2v) is 13.7. The van der Waals surface area contributed by atoms with Crippen molar-refractivity contribution in [2.75, 3.05) is 85.1 Å². The molecule has 0 saturated carbocycles. The van der Waals surface area contributed by atoms with Gasteiger partial charge in [0.25, 0.3) is 0 Å². The summed E-state index contributed by atoms with van der Waals surface area (Å²) in [5, 5.41) is 55.6.